The molecule has 1 aliphatic heterocycles. The van der Waals surface area contributed by atoms with Crippen molar-refractivity contribution in [3.63, 3.8) is 0 Å². The van der Waals surface area contributed by atoms with E-state index in [-0.39, 0.29) is 24.4 Å². The molecule has 0 aromatic heterocycles. The molecular weight excluding hydrogens is 377 g/mol. The lowest BCUT2D eigenvalue weighted by molar-refractivity contribution is -0.146. The number of rotatable bonds is 7. The zero-order valence-electron chi connectivity index (χ0n) is 14.3. The highest BCUT2D eigenvalue weighted by atomic mass is 79.9. The largest absolute Gasteiger partial charge is 0.376 e. The second-order valence-electron chi connectivity index (χ2n) is 6.05. The molecule has 1 saturated heterocycles. The lowest BCUT2D eigenvalue weighted by atomic mass is 10.1. The van der Waals surface area contributed by atoms with Crippen molar-refractivity contribution in [2.24, 2.45) is 0 Å². The summed E-state index contributed by atoms with van der Waals surface area (Å²) in [6.07, 6.45) is 2.71. The van der Waals surface area contributed by atoms with Crippen LogP contribution in [0.1, 0.15) is 38.7 Å². The van der Waals surface area contributed by atoms with Gasteiger partial charge in [-0.1, -0.05) is 15.9 Å². The number of halogens is 2. The Morgan fingerprint density at radius 2 is 2.29 bits per heavy atom. The van der Waals surface area contributed by atoms with Crippen LogP contribution in [0, 0.1) is 5.82 Å². The van der Waals surface area contributed by atoms with Crippen LogP contribution in [-0.2, 0) is 20.8 Å². The molecule has 24 heavy (non-hydrogen) atoms. The van der Waals surface area contributed by atoms with E-state index in [0.717, 1.165) is 30.3 Å². The fourth-order valence-electron chi connectivity index (χ4n) is 2.73. The molecule has 0 N–H and O–H groups in total. The third-order valence-corrected chi connectivity index (χ3v) is 4.71. The van der Waals surface area contributed by atoms with Gasteiger partial charge >= 0.3 is 0 Å². The Labute approximate surface area is 151 Å². The van der Waals surface area contributed by atoms with Crippen LogP contribution in [0.25, 0.3) is 0 Å². The van der Waals surface area contributed by atoms with E-state index in [4.69, 9.17) is 9.47 Å². The first kappa shape index (κ1) is 19.3. The molecule has 4 nitrogen and oxygen atoms in total. The summed E-state index contributed by atoms with van der Waals surface area (Å²) >= 11 is 3.33. The fourth-order valence-corrected chi connectivity index (χ4v) is 3.14. The van der Waals surface area contributed by atoms with Crippen LogP contribution in [0.15, 0.2) is 22.7 Å². The van der Waals surface area contributed by atoms with Crippen LogP contribution in [0.2, 0.25) is 0 Å². The standard InChI is InChI=1S/C18H25BrFNO3/c1-3-21(11-14-10-15(19)7-8-17(14)20)18(22)13(2)24-12-16-6-4-5-9-23-16/h7-8,10,13,16H,3-6,9,11-12H2,1-2H3. The molecule has 1 heterocycles. The molecule has 6 heteroatoms. The number of nitrogens with zero attached hydrogens (tertiary/aromatic N) is 1. The minimum atomic E-state index is -0.564. The Morgan fingerprint density at radius 3 is 2.96 bits per heavy atom. The Bertz CT molecular complexity index is 549. The molecule has 134 valence electrons. The van der Waals surface area contributed by atoms with E-state index in [1.807, 2.05) is 6.92 Å². The van der Waals surface area contributed by atoms with Gasteiger partial charge in [0.1, 0.15) is 11.9 Å². The number of hydrogen-bond acceptors (Lipinski definition) is 3. The van der Waals surface area contributed by atoms with Crippen molar-refractivity contribution >= 4 is 21.8 Å². The van der Waals surface area contributed by atoms with Crippen LogP contribution in [0.4, 0.5) is 4.39 Å². The maximum Gasteiger partial charge on any atom is 0.251 e. The zero-order valence-corrected chi connectivity index (χ0v) is 15.9. The molecule has 1 aromatic rings. The maximum atomic E-state index is 13.9. The van der Waals surface area contributed by atoms with Crippen LogP contribution in [-0.4, -0.2) is 42.8 Å². The normalized spacial score (nSPS) is 19.1. The van der Waals surface area contributed by atoms with Gasteiger partial charge in [0, 0.05) is 29.7 Å². The average molecular weight is 402 g/mol. The second-order valence-corrected chi connectivity index (χ2v) is 6.97. The lowest BCUT2D eigenvalue weighted by Crippen LogP contribution is -2.40. The first-order chi connectivity index (χ1) is 11.5. The van der Waals surface area contributed by atoms with E-state index in [2.05, 4.69) is 15.9 Å². The highest BCUT2D eigenvalue weighted by Gasteiger charge is 2.23. The van der Waals surface area contributed by atoms with Crippen LogP contribution in [0.3, 0.4) is 0 Å². The minimum absolute atomic E-state index is 0.0756. The van der Waals surface area contributed by atoms with Gasteiger partial charge in [-0.05, 0) is 51.3 Å². The zero-order chi connectivity index (χ0) is 17.5. The van der Waals surface area contributed by atoms with Gasteiger partial charge in [-0.25, -0.2) is 4.39 Å². The number of amides is 1. The van der Waals surface area contributed by atoms with Gasteiger partial charge in [-0.3, -0.25) is 4.79 Å². The Morgan fingerprint density at radius 1 is 1.50 bits per heavy atom. The van der Waals surface area contributed by atoms with Gasteiger partial charge in [0.15, 0.2) is 0 Å². The number of carbonyl (C=O) groups excluding carboxylic acids is 1. The summed E-state index contributed by atoms with van der Waals surface area (Å²) in [5, 5.41) is 0. The van der Waals surface area contributed by atoms with E-state index in [0.29, 0.717) is 18.7 Å². The summed E-state index contributed by atoms with van der Waals surface area (Å²) in [5.41, 5.74) is 0.488. The van der Waals surface area contributed by atoms with Gasteiger partial charge in [0.25, 0.3) is 5.91 Å². The molecule has 1 amide bonds. The molecule has 0 radical (unpaired) electrons. The average Bonchev–Trinajstić information content (AvgIpc) is 2.60. The summed E-state index contributed by atoms with van der Waals surface area (Å²) in [6.45, 7) is 5.54. The summed E-state index contributed by atoms with van der Waals surface area (Å²) in [6, 6.07) is 4.75. The number of ether oxygens (including phenoxy) is 2. The Kier molecular flexibility index (Phi) is 7.65. The monoisotopic (exact) mass is 401 g/mol. The van der Waals surface area contributed by atoms with Gasteiger partial charge in [-0.15, -0.1) is 0 Å². The van der Waals surface area contributed by atoms with Crippen molar-refractivity contribution < 1.29 is 18.7 Å². The summed E-state index contributed by atoms with van der Waals surface area (Å²) in [5.74, 6) is -0.443. The third kappa shape index (κ3) is 5.53. The third-order valence-electron chi connectivity index (χ3n) is 4.22. The van der Waals surface area contributed by atoms with Crippen molar-refractivity contribution in [3.8, 4) is 0 Å². The molecular formula is C18H25BrFNO3. The SMILES string of the molecule is CCN(Cc1cc(Br)ccc1F)C(=O)C(C)OCC1CCCCO1. The number of benzene rings is 1. The maximum absolute atomic E-state index is 13.9. The second kappa shape index (κ2) is 9.49. The smallest absolute Gasteiger partial charge is 0.251 e. The van der Waals surface area contributed by atoms with Crippen molar-refractivity contribution in [3.05, 3.63) is 34.1 Å². The number of carbonyl (C=O) groups is 1. The number of likely N-dealkylation sites (N-methyl/N-ethyl adjacent to an activating group) is 1. The summed E-state index contributed by atoms with van der Waals surface area (Å²) < 4.78 is 26.0. The predicted molar refractivity (Wildman–Crippen MR) is 94.2 cm³/mol. The first-order valence-electron chi connectivity index (χ1n) is 8.47. The van der Waals surface area contributed by atoms with Crippen LogP contribution >= 0.6 is 15.9 Å². The van der Waals surface area contributed by atoms with Gasteiger partial charge < -0.3 is 14.4 Å². The molecule has 1 aliphatic rings. The Balaban J connectivity index is 1.90. The summed E-state index contributed by atoms with van der Waals surface area (Å²) in [7, 11) is 0. The van der Waals surface area contributed by atoms with E-state index < -0.39 is 6.10 Å². The molecule has 0 aliphatic carbocycles. The van der Waals surface area contributed by atoms with E-state index in [1.165, 1.54) is 6.07 Å². The van der Waals surface area contributed by atoms with E-state index in [1.54, 1.807) is 24.0 Å². The predicted octanol–water partition coefficient (Wildman–Crippen LogP) is 3.91. The Hall–Kier alpha value is -0.980. The van der Waals surface area contributed by atoms with E-state index >= 15 is 0 Å². The molecule has 2 unspecified atom stereocenters. The van der Waals surface area contributed by atoms with Gasteiger partial charge in [0.2, 0.25) is 0 Å². The first-order valence-corrected chi connectivity index (χ1v) is 9.26. The van der Waals surface area contributed by atoms with Crippen molar-refractivity contribution in [2.75, 3.05) is 19.8 Å². The van der Waals surface area contributed by atoms with Crippen molar-refractivity contribution in [1.29, 1.82) is 0 Å². The molecule has 1 fully saturated rings. The highest BCUT2D eigenvalue weighted by Crippen LogP contribution is 2.18. The topological polar surface area (TPSA) is 38.8 Å². The van der Waals surface area contributed by atoms with Crippen LogP contribution < -0.4 is 0 Å². The lowest BCUT2D eigenvalue weighted by Gasteiger charge is -2.27. The molecule has 2 rings (SSSR count). The van der Waals surface area contributed by atoms with Crippen LogP contribution in [0.5, 0.6) is 0 Å². The van der Waals surface area contributed by atoms with Gasteiger partial charge in [-0.2, -0.15) is 0 Å². The van der Waals surface area contributed by atoms with Crippen molar-refractivity contribution in [1.82, 2.24) is 4.90 Å². The molecule has 1 aromatic carbocycles. The molecule has 0 bridgehead atoms. The fraction of sp³-hybridized carbons (Fsp3) is 0.611. The number of hydrogen-bond donors (Lipinski definition) is 0. The molecule has 0 spiro atoms. The minimum Gasteiger partial charge on any atom is -0.376 e. The van der Waals surface area contributed by atoms with Crippen molar-refractivity contribution in [2.45, 2.75) is 51.9 Å². The highest BCUT2D eigenvalue weighted by molar-refractivity contribution is 9.10. The summed E-state index contributed by atoms with van der Waals surface area (Å²) in [4.78, 5) is 14.2. The molecule has 2 atom stereocenters. The van der Waals surface area contributed by atoms with Gasteiger partial charge in [0.05, 0.1) is 12.7 Å². The van der Waals surface area contributed by atoms with E-state index in [9.17, 15) is 9.18 Å². The molecule has 0 saturated carbocycles. The quantitative estimate of drug-likeness (QED) is 0.694.